The van der Waals surface area contributed by atoms with E-state index in [0.717, 1.165) is 29.3 Å². The van der Waals surface area contributed by atoms with Crippen molar-refractivity contribution in [3.8, 4) is 5.75 Å². The Labute approximate surface area is 154 Å². The molecule has 3 rings (SSSR count). The van der Waals surface area contributed by atoms with Crippen LogP contribution in [0.4, 0.5) is 5.69 Å². The number of ether oxygens (including phenoxy) is 1. The number of hydrogen-bond acceptors (Lipinski definition) is 4. The molecule has 0 atom stereocenters. The zero-order valence-corrected chi connectivity index (χ0v) is 15.7. The molecule has 2 aromatic carbocycles. The van der Waals surface area contributed by atoms with Gasteiger partial charge < -0.3 is 4.74 Å². The lowest BCUT2D eigenvalue weighted by atomic mass is 10.2. The molecule has 0 spiro atoms. The molecule has 0 bridgehead atoms. The van der Waals surface area contributed by atoms with Crippen molar-refractivity contribution < 1.29 is 13.2 Å². The zero-order chi connectivity index (χ0) is 18.6. The number of benzene rings is 2. The van der Waals surface area contributed by atoms with Gasteiger partial charge >= 0.3 is 0 Å². The summed E-state index contributed by atoms with van der Waals surface area (Å²) in [7, 11) is -3.69. The molecule has 0 fully saturated rings. The van der Waals surface area contributed by atoms with E-state index in [1.54, 1.807) is 24.3 Å². The Morgan fingerprint density at radius 2 is 1.92 bits per heavy atom. The number of rotatable bonds is 7. The molecule has 0 saturated heterocycles. The molecule has 3 aromatic rings. The first-order valence-electron chi connectivity index (χ1n) is 8.60. The number of hydrogen-bond donors (Lipinski definition) is 1. The van der Waals surface area contributed by atoms with Crippen molar-refractivity contribution in [3.05, 3.63) is 60.3 Å². The third-order valence-electron chi connectivity index (χ3n) is 4.05. The summed E-state index contributed by atoms with van der Waals surface area (Å²) in [5, 5.41) is 0.878. The number of nitrogens with zero attached hydrogens (tertiary/aromatic N) is 1. The predicted octanol–water partition coefficient (Wildman–Crippen LogP) is 4.52. The summed E-state index contributed by atoms with van der Waals surface area (Å²) in [4.78, 5) is 4.49. The van der Waals surface area contributed by atoms with Crippen LogP contribution in [-0.4, -0.2) is 20.0 Å². The maximum absolute atomic E-state index is 12.7. The van der Waals surface area contributed by atoms with E-state index in [0.29, 0.717) is 18.0 Å². The van der Waals surface area contributed by atoms with Crippen molar-refractivity contribution >= 4 is 26.6 Å². The van der Waals surface area contributed by atoms with Gasteiger partial charge in [0.05, 0.1) is 28.9 Å². The van der Waals surface area contributed by atoms with Gasteiger partial charge in [-0.3, -0.25) is 9.71 Å². The zero-order valence-electron chi connectivity index (χ0n) is 14.9. The molecule has 0 saturated carbocycles. The van der Waals surface area contributed by atoms with Gasteiger partial charge in [-0.25, -0.2) is 8.42 Å². The van der Waals surface area contributed by atoms with Crippen molar-refractivity contribution in [1.29, 1.82) is 0 Å². The maximum atomic E-state index is 12.7. The summed E-state index contributed by atoms with van der Waals surface area (Å²) in [6, 6.07) is 14.2. The lowest BCUT2D eigenvalue weighted by Crippen LogP contribution is -2.13. The highest BCUT2D eigenvalue weighted by molar-refractivity contribution is 7.92. The smallest absolute Gasteiger partial charge is 0.261 e. The second-order valence-corrected chi connectivity index (χ2v) is 7.83. The van der Waals surface area contributed by atoms with E-state index in [1.807, 2.05) is 31.2 Å². The van der Waals surface area contributed by atoms with Gasteiger partial charge in [-0.2, -0.15) is 0 Å². The van der Waals surface area contributed by atoms with E-state index in [9.17, 15) is 8.42 Å². The maximum Gasteiger partial charge on any atom is 0.261 e. The van der Waals surface area contributed by atoms with Crippen molar-refractivity contribution in [2.75, 3.05) is 11.3 Å². The van der Waals surface area contributed by atoms with E-state index in [4.69, 9.17) is 4.74 Å². The van der Waals surface area contributed by atoms with Crippen LogP contribution in [-0.2, 0) is 10.0 Å². The highest BCUT2D eigenvalue weighted by atomic mass is 32.2. The first-order chi connectivity index (χ1) is 12.5. The summed E-state index contributed by atoms with van der Waals surface area (Å²) >= 11 is 0. The minimum atomic E-state index is -3.69. The van der Waals surface area contributed by atoms with Crippen LogP contribution in [0.2, 0.25) is 0 Å². The SMILES string of the molecule is CCCCOc1ccc(S(=O)(=O)Nc2cnc3ccccc3c2)cc1C. The van der Waals surface area contributed by atoms with Gasteiger partial charge in [0, 0.05) is 5.39 Å². The Hall–Kier alpha value is -2.60. The third kappa shape index (κ3) is 4.14. The van der Waals surface area contributed by atoms with Crippen LogP contribution in [0.3, 0.4) is 0 Å². The summed E-state index contributed by atoms with van der Waals surface area (Å²) in [6.45, 7) is 4.57. The summed E-state index contributed by atoms with van der Waals surface area (Å²) in [6.07, 6.45) is 3.54. The molecule has 136 valence electrons. The number of sulfonamides is 1. The number of aryl methyl sites for hydroxylation is 1. The van der Waals surface area contributed by atoms with Crippen molar-refractivity contribution in [2.24, 2.45) is 0 Å². The predicted molar refractivity (Wildman–Crippen MR) is 104 cm³/mol. The van der Waals surface area contributed by atoms with Crippen LogP contribution in [0.5, 0.6) is 5.75 Å². The topological polar surface area (TPSA) is 68.3 Å². The van der Waals surface area contributed by atoms with Crippen LogP contribution in [0.1, 0.15) is 25.3 Å². The van der Waals surface area contributed by atoms with E-state index >= 15 is 0 Å². The lowest BCUT2D eigenvalue weighted by molar-refractivity contribution is 0.307. The van der Waals surface area contributed by atoms with Crippen LogP contribution in [0, 0.1) is 6.92 Å². The Morgan fingerprint density at radius 3 is 2.69 bits per heavy atom. The Morgan fingerprint density at radius 1 is 1.12 bits per heavy atom. The summed E-state index contributed by atoms with van der Waals surface area (Å²) < 4.78 is 33.6. The minimum Gasteiger partial charge on any atom is -0.493 e. The fourth-order valence-electron chi connectivity index (χ4n) is 2.62. The average Bonchev–Trinajstić information content (AvgIpc) is 2.62. The molecule has 0 aliphatic rings. The van der Waals surface area contributed by atoms with Crippen LogP contribution in [0.25, 0.3) is 10.9 Å². The van der Waals surface area contributed by atoms with Gasteiger partial charge in [-0.1, -0.05) is 31.5 Å². The number of fused-ring (bicyclic) bond motifs is 1. The number of anilines is 1. The number of aromatic nitrogens is 1. The van der Waals surface area contributed by atoms with Crippen molar-refractivity contribution in [1.82, 2.24) is 4.98 Å². The molecule has 0 aliphatic carbocycles. The van der Waals surface area contributed by atoms with E-state index < -0.39 is 10.0 Å². The molecule has 0 aliphatic heterocycles. The summed E-state index contributed by atoms with van der Waals surface area (Å²) in [5.74, 6) is 0.713. The van der Waals surface area contributed by atoms with Crippen LogP contribution >= 0.6 is 0 Å². The molecule has 1 N–H and O–H groups in total. The molecule has 1 heterocycles. The number of para-hydroxylation sites is 1. The number of unbranched alkanes of at least 4 members (excludes halogenated alkanes) is 1. The monoisotopic (exact) mass is 370 g/mol. The average molecular weight is 370 g/mol. The molecular formula is C20H22N2O3S. The molecular weight excluding hydrogens is 348 g/mol. The highest BCUT2D eigenvalue weighted by Gasteiger charge is 2.16. The van der Waals surface area contributed by atoms with Gasteiger partial charge in [-0.05, 0) is 49.2 Å². The first kappa shape index (κ1) is 18.2. The molecule has 26 heavy (non-hydrogen) atoms. The van der Waals surface area contributed by atoms with Gasteiger partial charge in [0.15, 0.2) is 0 Å². The van der Waals surface area contributed by atoms with Crippen molar-refractivity contribution in [2.45, 2.75) is 31.6 Å². The molecule has 6 heteroatoms. The van der Waals surface area contributed by atoms with Crippen molar-refractivity contribution in [3.63, 3.8) is 0 Å². The molecule has 0 radical (unpaired) electrons. The standard InChI is InChI=1S/C20H22N2O3S/c1-3-4-11-25-20-10-9-18(12-15(20)2)26(23,24)22-17-13-16-7-5-6-8-19(16)21-14-17/h5-10,12-14,22H,3-4,11H2,1-2H3. The Kier molecular flexibility index (Phi) is 5.42. The fraction of sp³-hybridized carbons (Fsp3) is 0.250. The van der Waals surface area contributed by atoms with Gasteiger partial charge in [-0.15, -0.1) is 0 Å². The van der Waals surface area contributed by atoms with E-state index in [-0.39, 0.29) is 4.90 Å². The minimum absolute atomic E-state index is 0.200. The quantitative estimate of drug-likeness (QED) is 0.621. The molecule has 1 aromatic heterocycles. The van der Waals surface area contributed by atoms with Crippen LogP contribution < -0.4 is 9.46 Å². The Balaban J connectivity index is 1.81. The second-order valence-electron chi connectivity index (χ2n) is 6.15. The number of pyridine rings is 1. The van der Waals surface area contributed by atoms with Crippen LogP contribution in [0.15, 0.2) is 59.6 Å². The van der Waals surface area contributed by atoms with E-state index in [1.165, 1.54) is 6.20 Å². The fourth-order valence-corrected chi connectivity index (χ4v) is 3.74. The van der Waals surface area contributed by atoms with E-state index in [2.05, 4.69) is 16.6 Å². The van der Waals surface area contributed by atoms with Gasteiger partial charge in [0.1, 0.15) is 5.75 Å². The highest BCUT2D eigenvalue weighted by Crippen LogP contribution is 2.24. The normalized spacial score (nSPS) is 11.5. The third-order valence-corrected chi connectivity index (χ3v) is 5.43. The molecule has 5 nitrogen and oxygen atoms in total. The molecule has 0 amide bonds. The first-order valence-corrected chi connectivity index (χ1v) is 10.1. The number of nitrogens with one attached hydrogen (secondary N) is 1. The largest absolute Gasteiger partial charge is 0.493 e. The lowest BCUT2D eigenvalue weighted by Gasteiger charge is -2.12. The molecule has 0 unspecified atom stereocenters. The summed E-state index contributed by atoms with van der Waals surface area (Å²) in [5.41, 5.74) is 2.05. The second kappa shape index (κ2) is 7.74. The van der Waals surface area contributed by atoms with Gasteiger partial charge in [0.2, 0.25) is 0 Å². The Bertz CT molecular complexity index is 1020. The van der Waals surface area contributed by atoms with Gasteiger partial charge in [0.25, 0.3) is 10.0 Å².